The van der Waals surface area contributed by atoms with Crippen LogP contribution < -0.4 is 0 Å². The number of aromatic nitrogens is 1. The average Bonchev–Trinajstić information content (AvgIpc) is 2.96. The Balaban J connectivity index is 1.98. The molecule has 0 spiro atoms. The Labute approximate surface area is 124 Å². The van der Waals surface area contributed by atoms with Gasteiger partial charge in [-0.1, -0.05) is 12.1 Å². The summed E-state index contributed by atoms with van der Waals surface area (Å²) >= 11 is 0. The lowest BCUT2D eigenvalue weighted by Crippen LogP contribution is -2.29. The molecule has 0 amide bonds. The smallest absolute Gasteiger partial charge is 0.243 e. The Kier molecular flexibility index (Phi) is 3.93. The summed E-state index contributed by atoms with van der Waals surface area (Å²) in [4.78, 5) is 4.37. The summed E-state index contributed by atoms with van der Waals surface area (Å²) < 4.78 is 27.2. The predicted octanol–water partition coefficient (Wildman–Crippen LogP) is 1.63. The second-order valence-electron chi connectivity index (χ2n) is 5.38. The molecule has 2 heterocycles. The van der Waals surface area contributed by atoms with Crippen LogP contribution in [0.3, 0.4) is 0 Å². The molecule has 0 bridgehead atoms. The molecule has 1 aromatic heterocycles. The lowest BCUT2D eigenvalue weighted by atomic mass is 10.1. The zero-order valence-corrected chi connectivity index (χ0v) is 12.5. The van der Waals surface area contributed by atoms with Crippen molar-refractivity contribution in [2.24, 2.45) is 5.92 Å². The maximum absolute atomic E-state index is 12.8. The van der Waals surface area contributed by atoms with E-state index in [0.29, 0.717) is 29.8 Å². The first-order valence-electron chi connectivity index (χ1n) is 7.06. The molecule has 1 fully saturated rings. The zero-order chi connectivity index (χ0) is 14.9. The fraction of sp³-hybridized carbons (Fsp3) is 0.400. The van der Waals surface area contributed by atoms with Crippen LogP contribution in [-0.2, 0) is 10.0 Å². The Hall–Kier alpha value is -1.50. The second kappa shape index (κ2) is 5.71. The minimum absolute atomic E-state index is 0.110. The number of benzene rings is 1. The van der Waals surface area contributed by atoms with Gasteiger partial charge in [0.05, 0.1) is 4.90 Å². The molecule has 2 aromatic rings. The van der Waals surface area contributed by atoms with E-state index in [9.17, 15) is 8.42 Å². The molecule has 112 valence electrons. The molecule has 3 rings (SSSR count). The van der Waals surface area contributed by atoms with Gasteiger partial charge in [0, 0.05) is 42.9 Å². The number of rotatable bonds is 4. The summed E-state index contributed by atoms with van der Waals surface area (Å²) in [5, 5.41) is 10.5. The highest BCUT2D eigenvalue weighted by Gasteiger charge is 2.32. The van der Waals surface area contributed by atoms with E-state index in [1.807, 2.05) is 6.07 Å². The molecule has 0 radical (unpaired) electrons. The minimum Gasteiger partial charge on any atom is -0.396 e. The maximum atomic E-state index is 12.8. The first kappa shape index (κ1) is 14.4. The van der Waals surface area contributed by atoms with Crippen LogP contribution in [0.1, 0.15) is 12.8 Å². The minimum atomic E-state index is -3.49. The SMILES string of the molecule is O=S(=O)(c1cccc2cnccc12)N1CCC(CCO)C1. The molecule has 1 atom stereocenters. The number of hydrogen-bond acceptors (Lipinski definition) is 4. The molecule has 1 N–H and O–H groups in total. The van der Waals surface area contributed by atoms with E-state index in [0.717, 1.165) is 11.8 Å². The van der Waals surface area contributed by atoms with E-state index < -0.39 is 10.0 Å². The van der Waals surface area contributed by atoms with Gasteiger partial charge >= 0.3 is 0 Å². The highest BCUT2D eigenvalue weighted by molar-refractivity contribution is 7.89. The van der Waals surface area contributed by atoms with Gasteiger partial charge in [-0.25, -0.2) is 8.42 Å². The van der Waals surface area contributed by atoms with Crippen molar-refractivity contribution in [2.75, 3.05) is 19.7 Å². The quantitative estimate of drug-likeness (QED) is 0.932. The standard InChI is InChI=1S/C15H18N2O3S/c18-9-6-12-5-8-17(11-12)21(19,20)15-3-1-2-13-10-16-7-4-14(13)15/h1-4,7,10,12,18H,5-6,8-9,11H2. The Morgan fingerprint density at radius 1 is 1.33 bits per heavy atom. The van der Waals surface area contributed by atoms with Crippen LogP contribution in [0.25, 0.3) is 10.8 Å². The fourth-order valence-corrected chi connectivity index (χ4v) is 4.64. The molecule has 1 aromatic carbocycles. The predicted molar refractivity (Wildman–Crippen MR) is 80.3 cm³/mol. The van der Waals surface area contributed by atoms with Crippen molar-refractivity contribution in [1.82, 2.24) is 9.29 Å². The topological polar surface area (TPSA) is 70.5 Å². The van der Waals surface area contributed by atoms with Gasteiger partial charge in [-0.05, 0) is 30.9 Å². The number of aliphatic hydroxyl groups excluding tert-OH is 1. The molecular weight excluding hydrogens is 288 g/mol. The highest BCUT2D eigenvalue weighted by atomic mass is 32.2. The number of hydrogen-bond donors (Lipinski definition) is 1. The molecule has 1 aliphatic heterocycles. The van der Waals surface area contributed by atoms with Gasteiger partial charge in [0.25, 0.3) is 0 Å². The number of sulfonamides is 1. The fourth-order valence-electron chi connectivity index (χ4n) is 2.89. The Morgan fingerprint density at radius 2 is 2.19 bits per heavy atom. The van der Waals surface area contributed by atoms with E-state index in [2.05, 4.69) is 4.98 Å². The van der Waals surface area contributed by atoms with Gasteiger partial charge in [0.2, 0.25) is 10.0 Å². The van der Waals surface area contributed by atoms with E-state index in [-0.39, 0.29) is 12.5 Å². The van der Waals surface area contributed by atoms with Crippen molar-refractivity contribution in [1.29, 1.82) is 0 Å². The molecule has 5 nitrogen and oxygen atoms in total. The van der Waals surface area contributed by atoms with Crippen LogP contribution in [0.5, 0.6) is 0 Å². The molecular formula is C15H18N2O3S. The summed E-state index contributed by atoms with van der Waals surface area (Å²) in [6.45, 7) is 1.12. The zero-order valence-electron chi connectivity index (χ0n) is 11.6. The number of nitrogens with zero attached hydrogens (tertiary/aromatic N) is 2. The highest BCUT2D eigenvalue weighted by Crippen LogP contribution is 2.29. The Bertz CT molecular complexity index is 740. The van der Waals surface area contributed by atoms with Crippen molar-refractivity contribution in [3.8, 4) is 0 Å². The van der Waals surface area contributed by atoms with Crippen molar-refractivity contribution in [3.05, 3.63) is 36.7 Å². The number of pyridine rings is 1. The van der Waals surface area contributed by atoms with Crippen molar-refractivity contribution in [2.45, 2.75) is 17.7 Å². The van der Waals surface area contributed by atoms with Crippen LogP contribution in [0.15, 0.2) is 41.6 Å². The van der Waals surface area contributed by atoms with Gasteiger partial charge in [-0.3, -0.25) is 4.98 Å². The van der Waals surface area contributed by atoms with Crippen LogP contribution in [-0.4, -0.2) is 42.5 Å². The largest absolute Gasteiger partial charge is 0.396 e. The van der Waals surface area contributed by atoms with E-state index >= 15 is 0 Å². The van der Waals surface area contributed by atoms with Gasteiger partial charge in [-0.2, -0.15) is 4.31 Å². The van der Waals surface area contributed by atoms with Crippen molar-refractivity contribution >= 4 is 20.8 Å². The first-order valence-corrected chi connectivity index (χ1v) is 8.50. The Morgan fingerprint density at radius 3 is 3.00 bits per heavy atom. The van der Waals surface area contributed by atoms with E-state index in [1.54, 1.807) is 30.6 Å². The molecule has 1 unspecified atom stereocenters. The van der Waals surface area contributed by atoms with Gasteiger partial charge in [0.1, 0.15) is 0 Å². The monoisotopic (exact) mass is 306 g/mol. The van der Waals surface area contributed by atoms with E-state index in [4.69, 9.17) is 5.11 Å². The van der Waals surface area contributed by atoms with Crippen LogP contribution >= 0.6 is 0 Å². The molecule has 0 saturated carbocycles. The normalized spacial score (nSPS) is 20.1. The van der Waals surface area contributed by atoms with Crippen molar-refractivity contribution < 1.29 is 13.5 Å². The van der Waals surface area contributed by atoms with Crippen LogP contribution in [0.4, 0.5) is 0 Å². The third kappa shape index (κ3) is 2.66. The average molecular weight is 306 g/mol. The lowest BCUT2D eigenvalue weighted by molar-refractivity contribution is 0.260. The summed E-state index contributed by atoms with van der Waals surface area (Å²) in [5.41, 5.74) is 0. The lowest BCUT2D eigenvalue weighted by Gasteiger charge is -2.17. The molecule has 0 aliphatic carbocycles. The molecule has 21 heavy (non-hydrogen) atoms. The molecule has 1 saturated heterocycles. The molecule has 1 aliphatic rings. The van der Waals surface area contributed by atoms with Crippen molar-refractivity contribution in [3.63, 3.8) is 0 Å². The number of aliphatic hydroxyl groups is 1. The number of fused-ring (bicyclic) bond motifs is 1. The summed E-state index contributed by atoms with van der Waals surface area (Å²) in [6, 6.07) is 7.00. The van der Waals surface area contributed by atoms with E-state index in [1.165, 1.54) is 4.31 Å². The van der Waals surface area contributed by atoms with Gasteiger partial charge in [0.15, 0.2) is 0 Å². The van der Waals surface area contributed by atoms with Crippen LogP contribution in [0, 0.1) is 5.92 Å². The van der Waals surface area contributed by atoms with Gasteiger partial charge in [-0.15, -0.1) is 0 Å². The third-order valence-electron chi connectivity index (χ3n) is 4.04. The summed E-state index contributed by atoms with van der Waals surface area (Å²) in [5.74, 6) is 0.251. The van der Waals surface area contributed by atoms with Crippen LogP contribution in [0.2, 0.25) is 0 Å². The van der Waals surface area contributed by atoms with Gasteiger partial charge < -0.3 is 5.11 Å². The first-order chi connectivity index (χ1) is 10.1. The maximum Gasteiger partial charge on any atom is 0.243 e. The second-order valence-corrected chi connectivity index (χ2v) is 7.29. The summed E-state index contributed by atoms with van der Waals surface area (Å²) in [6.07, 6.45) is 4.75. The molecule has 6 heteroatoms. The summed E-state index contributed by atoms with van der Waals surface area (Å²) in [7, 11) is -3.49. The third-order valence-corrected chi connectivity index (χ3v) is 5.97.